The summed E-state index contributed by atoms with van der Waals surface area (Å²) in [5.74, 6) is 0.610. The van der Waals surface area contributed by atoms with E-state index in [-0.39, 0.29) is 11.9 Å². The second-order valence-electron chi connectivity index (χ2n) is 3.95. The lowest BCUT2D eigenvalue weighted by Crippen LogP contribution is -2.25. The summed E-state index contributed by atoms with van der Waals surface area (Å²) in [6, 6.07) is 9.56. The molecule has 4 nitrogen and oxygen atoms in total. The van der Waals surface area contributed by atoms with Crippen molar-refractivity contribution in [3.8, 4) is 0 Å². The molecule has 2 N–H and O–H groups in total. The predicted octanol–water partition coefficient (Wildman–Crippen LogP) is 2.30. The summed E-state index contributed by atoms with van der Waals surface area (Å²) in [5.41, 5.74) is 0.998. The van der Waals surface area contributed by atoms with Gasteiger partial charge in [-0.05, 0) is 18.6 Å². The molecule has 2 rings (SSSR count). The first-order valence-electron chi connectivity index (χ1n) is 5.78. The first kappa shape index (κ1) is 12.1. The van der Waals surface area contributed by atoms with Crippen LogP contribution in [0.5, 0.6) is 0 Å². The van der Waals surface area contributed by atoms with Gasteiger partial charge in [-0.2, -0.15) is 0 Å². The summed E-state index contributed by atoms with van der Waals surface area (Å²) in [7, 11) is 0. The normalized spacial score (nSPS) is 12.5. The molecule has 0 aliphatic rings. The number of rotatable bonds is 4. The van der Waals surface area contributed by atoms with Crippen molar-refractivity contribution in [1.29, 1.82) is 0 Å². The summed E-state index contributed by atoms with van der Waals surface area (Å²) in [6.07, 6.45) is 6.70. The first-order valence-corrected chi connectivity index (χ1v) is 5.78. The molecule has 1 atom stereocenters. The molecule has 1 heterocycles. The third kappa shape index (κ3) is 3.31. The SMILES string of the molecule is CC(NC(=O)/C=C/c1ccccc1)c1ncc[nH]1. The van der Waals surface area contributed by atoms with Gasteiger partial charge < -0.3 is 10.3 Å². The number of aromatic amines is 1. The minimum absolute atomic E-state index is 0.132. The summed E-state index contributed by atoms with van der Waals surface area (Å²) < 4.78 is 0. The monoisotopic (exact) mass is 241 g/mol. The summed E-state index contributed by atoms with van der Waals surface area (Å²) >= 11 is 0. The molecule has 0 radical (unpaired) electrons. The van der Waals surface area contributed by atoms with Crippen molar-refractivity contribution in [3.63, 3.8) is 0 Å². The predicted molar refractivity (Wildman–Crippen MR) is 70.6 cm³/mol. The summed E-state index contributed by atoms with van der Waals surface area (Å²) in [6.45, 7) is 1.88. The number of carbonyl (C=O) groups is 1. The highest BCUT2D eigenvalue weighted by Gasteiger charge is 2.08. The number of hydrogen-bond donors (Lipinski definition) is 2. The van der Waals surface area contributed by atoms with Gasteiger partial charge in [-0.25, -0.2) is 4.98 Å². The number of nitrogens with one attached hydrogen (secondary N) is 2. The minimum Gasteiger partial charge on any atom is -0.347 e. The van der Waals surface area contributed by atoms with Crippen LogP contribution in [0, 0.1) is 0 Å². The fourth-order valence-corrected chi connectivity index (χ4v) is 1.58. The lowest BCUT2D eigenvalue weighted by Gasteiger charge is -2.08. The largest absolute Gasteiger partial charge is 0.347 e. The third-order valence-electron chi connectivity index (χ3n) is 2.52. The van der Waals surface area contributed by atoms with E-state index in [1.807, 2.05) is 37.3 Å². The second-order valence-corrected chi connectivity index (χ2v) is 3.95. The van der Waals surface area contributed by atoms with Crippen molar-refractivity contribution in [3.05, 3.63) is 60.2 Å². The van der Waals surface area contributed by atoms with Gasteiger partial charge in [0.15, 0.2) is 0 Å². The molecule has 1 aromatic heterocycles. The van der Waals surface area contributed by atoms with Crippen molar-refractivity contribution in [2.45, 2.75) is 13.0 Å². The zero-order valence-corrected chi connectivity index (χ0v) is 10.1. The maximum Gasteiger partial charge on any atom is 0.244 e. The fourth-order valence-electron chi connectivity index (χ4n) is 1.58. The van der Waals surface area contributed by atoms with Crippen LogP contribution in [-0.2, 0) is 4.79 Å². The van der Waals surface area contributed by atoms with Crippen molar-refractivity contribution in [1.82, 2.24) is 15.3 Å². The molecule has 18 heavy (non-hydrogen) atoms. The van der Waals surface area contributed by atoms with Gasteiger partial charge in [-0.3, -0.25) is 4.79 Å². The van der Waals surface area contributed by atoms with Crippen molar-refractivity contribution in [2.24, 2.45) is 0 Å². The molecular formula is C14H15N3O. The highest BCUT2D eigenvalue weighted by molar-refractivity contribution is 5.91. The van der Waals surface area contributed by atoms with E-state index < -0.39 is 0 Å². The lowest BCUT2D eigenvalue weighted by atomic mass is 10.2. The van der Waals surface area contributed by atoms with E-state index in [1.165, 1.54) is 6.08 Å². The molecule has 1 unspecified atom stereocenters. The van der Waals surface area contributed by atoms with Crippen LogP contribution in [0.4, 0.5) is 0 Å². The average Bonchev–Trinajstić information content (AvgIpc) is 2.91. The Hall–Kier alpha value is -2.36. The number of carbonyl (C=O) groups excluding carboxylic acids is 1. The summed E-state index contributed by atoms with van der Waals surface area (Å²) in [5, 5.41) is 2.83. The number of hydrogen-bond acceptors (Lipinski definition) is 2. The molecule has 0 aliphatic heterocycles. The molecule has 92 valence electrons. The fraction of sp³-hybridized carbons (Fsp3) is 0.143. The van der Waals surface area contributed by atoms with E-state index >= 15 is 0 Å². The molecule has 1 amide bonds. The van der Waals surface area contributed by atoms with Gasteiger partial charge in [0, 0.05) is 18.5 Å². The van der Waals surface area contributed by atoms with E-state index in [4.69, 9.17) is 0 Å². The molecule has 1 aromatic carbocycles. The summed E-state index contributed by atoms with van der Waals surface area (Å²) in [4.78, 5) is 18.7. The number of nitrogens with zero attached hydrogens (tertiary/aromatic N) is 1. The zero-order chi connectivity index (χ0) is 12.8. The molecule has 4 heteroatoms. The van der Waals surface area contributed by atoms with Crippen LogP contribution in [0.25, 0.3) is 6.08 Å². The first-order chi connectivity index (χ1) is 8.75. The molecule has 0 aliphatic carbocycles. The van der Waals surface area contributed by atoms with Crippen LogP contribution in [0.2, 0.25) is 0 Å². The maximum atomic E-state index is 11.7. The van der Waals surface area contributed by atoms with Crippen molar-refractivity contribution >= 4 is 12.0 Å². The van der Waals surface area contributed by atoms with Gasteiger partial charge in [-0.1, -0.05) is 30.3 Å². The van der Waals surface area contributed by atoms with E-state index in [0.717, 1.165) is 11.4 Å². The zero-order valence-electron chi connectivity index (χ0n) is 10.1. The van der Waals surface area contributed by atoms with Crippen LogP contribution < -0.4 is 5.32 Å². The van der Waals surface area contributed by atoms with Gasteiger partial charge in [0.05, 0.1) is 6.04 Å². The van der Waals surface area contributed by atoms with Crippen LogP contribution in [0.3, 0.4) is 0 Å². The van der Waals surface area contributed by atoms with Crippen LogP contribution in [0.1, 0.15) is 24.4 Å². The molecule has 0 fully saturated rings. The Kier molecular flexibility index (Phi) is 3.91. The van der Waals surface area contributed by atoms with Crippen molar-refractivity contribution in [2.75, 3.05) is 0 Å². The van der Waals surface area contributed by atoms with E-state index in [0.29, 0.717) is 0 Å². The van der Waals surface area contributed by atoms with Gasteiger partial charge in [0.2, 0.25) is 5.91 Å². The Morgan fingerprint density at radius 3 is 2.83 bits per heavy atom. The van der Waals surface area contributed by atoms with Gasteiger partial charge in [0.25, 0.3) is 0 Å². The smallest absolute Gasteiger partial charge is 0.244 e. The quantitative estimate of drug-likeness (QED) is 0.807. The Morgan fingerprint density at radius 2 is 2.17 bits per heavy atom. The standard InChI is InChI=1S/C14H15N3O/c1-11(14-15-9-10-16-14)17-13(18)8-7-12-5-3-2-4-6-12/h2-11H,1H3,(H,15,16)(H,17,18)/b8-7+. The van der Waals surface area contributed by atoms with Gasteiger partial charge >= 0.3 is 0 Å². The maximum absolute atomic E-state index is 11.7. The molecule has 0 saturated heterocycles. The Bertz CT molecular complexity index is 517. The lowest BCUT2D eigenvalue weighted by molar-refractivity contribution is -0.117. The number of aromatic nitrogens is 2. The Labute approximate surface area is 106 Å². The molecule has 0 bridgehead atoms. The third-order valence-corrected chi connectivity index (χ3v) is 2.52. The number of H-pyrrole nitrogens is 1. The number of benzene rings is 1. The highest BCUT2D eigenvalue weighted by Crippen LogP contribution is 2.05. The van der Waals surface area contributed by atoms with Crippen LogP contribution in [0.15, 0.2) is 48.8 Å². The van der Waals surface area contributed by atoms with Crippen molar-refractivity contribution < 1.29 is 4.79 Å². The topological polar surface area (TPSA) is 57.8 Å². The Morgan fingerprint density at radius 1 is 1.39 bits per heavy atom. The highest BCUT2D eigenvalue weighted by atomic mass is 16.1. The van der Waals surface area contributed by atoms with Gasteiger partial charge in [-0.15, -0.1) is 0 Å². The van der Waals surface area contributed by atoms with E-state index in [2.05, 4.69) is 15.3 Å². The van der Waals surface area contributed by atoms with Crippen LogP contribution in [-0.4, -0.2) is 15.9 Å². The molecule has 0 saturated carbocycles. The number of imidazole rings is 1. The molecular weight excluding hydrogens is 226 g/mol. The second kappa shape index (κ2) is 5.82. The molecule has 0 spiro atoms. The van der Waals surface area contributed by atoms with Gasteiger partial charge in [0.1, 0.15) is 5.82 Å². The molecule has 2 aromatic rings. The minimum atomic E-state index is -0.136. The Balaban J connectivity index is 1.91. The average molecular weight is 241 g/mol. The van der Waals surface area contributed by atoms with E-state index in [1.54, 1.807) is 18.5 Å². The van der Waals surface area contributed by atoms with E-state index in [9.17, 15) is 4.79 Å². The number of amides is 1. The van der Waals surface area contributed by atoms with Crippen LogP contribution >= 0.6 is 0 Å².